The van der Waals surface area contributed by atoms with Gasteiger partial charge in [0.15, 0.2) is 11.9 Å². The van der Waals surface area contributed by atoms with Crippen molar-refractivity contribution in [3.8, 4) is 0 Å². The number of rotatable bonds is 6. The summed E-state index contributed by atoms with van der Waals surface area (Å²) >= 11 is 0. The summed E-state index contributed by atoms with van der Waals surface area (Å²) in [6.07, 6.45) is -6.14. The predicted octanol–water partition coefficient (Wildman–Crippen LogP) is -2.79. The Morgan fingerprint density at radius 1 is 1.13 bits per heavy atom. The maximum absolute atomic E-state index is 12.3. The first-order chi connectivity index (χ1) is 10.8. The number of fused-ring (bicyclic) bond motifs is 1. The van der Waals surface area contributed by atoms with Crippen molar-refractivity contribution in [2.75, 3.05) is 6.61 Å². The molecule has 1 aliphatic heterocycles. The lowest BCUT2D eigenvalue weighted by Crippen LogP contribution is -2.70. The second kappa shape index (κ2) is 6.14. The van der Waals surface area contributed by atoms with Gasteiger partial charge in [0.05, 0.1) is 17.7 Å². The Bertz CT molecular complexity index is 615. The highest BCUT2D eigenvalue weighted by Crippen LogP contribution is 2.29. The normalized spacial score (nSPS) is 20.7. The number of carbonyl (C=O) groups excluding carboxylic acids is 3. The molecule has 1 heterocycles. The van der Waals surface area contributed by atoms with E-state index in [9.17, 15) is 29.7 Å². The van der Waals surface area contributed by atoms with Gasteiger partial charge in [-0.15, -0.1) is 0 Å². The summed E-state index contributed by atoms with van der Waals surface area (Å²) in [6, 6.07) is 5.72. The van der Waals surface area contributed by atoms with Gasteiger partial charge in [0.1, 0.15) is 18.3 Å². The van der Waals surface area contributed by atoms with E-state index in [0.29, 0.717) is 4.90 Å². The van der Waals surface area contributed by atoms with E-state index in [4.69, 9.17) is 10.8 Å². The lowest BCUT2D eigenvalue weighted by molar-refractivity contribution is -0.140. The zero-order valence-electron chi connectivity index (χ0n) is 11.9. The number of hydrogen-bond donors (Lipinski definition) is 5. The average Bonchev–Trinajstić information content (AvgIpc) is 2.84. The highest BCUT2D eigenvalue weighted by atomic mass is 16.4. The maximum atomic E-state index is 12.3. The van der Waals surface area contributed by atoms with Gasteiger partial charge < -0.3 is 20.4 Å². The van der Waals surface area contributed by atoms with Crippen molar-refractivity contribution in [3.05, 3.63) is 35.4 Å². The van der Waals surface area contributed by atoms with E-state index < -0.39 is 42.4 Å². The maximum Gasteiger partial charge on any atom is 0.263 e. The first-order valence-electron chi connectivity index (χ1n) is 6.67. The molecule has 9 heteroatoms. The zero-order chi connectivity index (χ0) is 17.4. The van der Waals surface area contributed by atoms with Crippen molar-refractivity contribution >= 4 is 18.1 Å². The topological polar surface area (TPSA) is 161 Å². The van der Waals surface area contributed by atoms with Crippen molar-refractivity contribution < 1.29 is 34.8 Å². The van der Waals surface area contributed by atoms with Crippen LogP contribution in [0.25, 0.3) is 0 Å². The van der Waals surface area contributed by atoms with Crippen LogP contribution < -0.4 is 5.73 Å². The number of nitrogens with two attached hydrogens (primary N) is 1. The lowest BCUT2D eigenvalue weighted by atomic mass is 9.95. The molecule has 1 aromatic rings. The molecule has 1 aliphatic rings. The number of hydrogen-bond acceptors (Lipinski definition) is 8. The molecule has 124 valence electrons. The number of benzene rings is 1. The van der Waals surface area contributed by atoms with Crippen molar-refractivity contribution in [2.45, 2.75) is 24.0 Å². The number of amides is 2. The summed E-state index contributed by atoms with van der Waals surface area (Å²) in [6.45, 7) is -0.921. The number of aliphatic hydroxyl groups is 4. The smallest absolute Gasteiger partial charge is 0.263 e. The molecule has 4 atom stereocenters. The zero-order valence-corrected chi connectivity index (χ0v) is 11.9. The Kier molecular flexibility index (Phi) is 4.59. The minimum atomic E-state index is -2.61. The second-order valence-corrected chi connectivity index (χ2v) is 5.18. The van der Waals surface area contributed by atoms with E-state index in [1.54, 1.807) is 0 Å². The van der Waals surface area contributed by atoms with Crippen LogP contribution >= 0.6 is 0 Å². The third-order valence-corrected chi connectivity index (χ3v) is 3.75. The van der Waals surface area contributed by atoms with Gasteiger partial charge in [-0.3, -0.25) is 20.1 Å². The highest BCUT2D eigenvalue weighted by molar-refractivity contribution is 6.22. The average molecular weight is 324 g/mol. The van der Waals surface area contributed by atoms with Gasteiger partial charge >= 0.3 is 0 Å². The SMILES string of the molecule is N[C@](C=O)([C@@H](O)[C@H](O)C(O)CO)N1C(=O)c2ccccc2C1=O. The van der Waals surface area contributed by atoms with Crippen molar-refractivity contribution in [1.82, 2.24) is 4.90 Å². The molecule has 1 aromatic carbocycles. The van der Waals surface area contributed by atoms with Gasteiger partial charge in [-0.2, -0.15) is 0 Å². The first-order valence-corrected chi connectivity index (χ1v) is 6.67. The van der Waals surface area contributed by atoms with E-state index in [2.05, 4.69) is 0 Å². The van der Waals surface area contributed by atoms with Crippen LogP contribution in [0.5, 0.6) is 0 Å². The number of aldehydes is 1. The van der Waals surface area contributed by atoms with E-state index in [1.165, 1.54) is 24.3 Å². The van der Waals surface area contributed by atoms with Crippen LogP contribution in [0.3, 0.4) is 0 Å². The fourth-order valence-electron chi connectivity index (χ4n) is 2.39. The number of imide groups is 1. The van der Waals surface area contributed by atoms with E-state index in [1.807, 2.05) is 0 Å². The summed E-state index contributed by atoms with van der Waals surface area (Å²) in [5, 5.41) is 38.0. The van der Waals surface area contributed by atoms with Crippen LogP contribution in [-0.4, -0.2) is 74.0 Å². The molecule has 2 rings (SSSR count). The van der Waals surface area contributed by atoms with Crippen LogP contribution in [0.1, 0.15) is 20.7 Å². The first kappa shape index (κ1) is 17.2. The predicted molar refractivity (Wildman–Crippen MR) is 75.0 cm³/mol. The van der Waals surface area contributed by atoms with Gasteiger partial charge in [0, 0.05) is 0 Å². The highest BCUT2D eigenvalue weighted by Gasteiger charge is 2.53. The van der Waals surface area contributed by atoms with Crippen molar-refractivity contribution in [1.29, 1.82) is 0 Å². The number of aliphatic hydroxyl groups excluding tert-OH is 4. The third kappa shape index (κ3) is 2.54. The quantitative estimate of drug-likeness (QED) is 0.277. The van der Waals surface area contributed by atoms with Crippen LogP contribution in [0.2, 0.25) is 0 Å². The molecule has 23 heavy (non-hydrogen) atoms. The van der Waals surface area contributed by atoms with Crippen LogP contribution in [0, 0.1) is 0 Å². The molecule has 9 nitrogen and oxygen atoms in total. The molecule has 0 fully saturated rings. The largest absolute Gasteiger partial charge is 0.394 e. The Labute approximate surface area is 130 Å². The van der Waals surface area contributed by atoms with Crippen LogP contribution in [0.15, 0.2) is 24.3 Å². The molecule has 0 bridgehead atoms. The van der Waals surface area contributed by atoms with Crippen molar-refractivity contribution in [2.24, 2.45) is 5.73 Å². The number of carbonyl (C=O) groups is 3. The monoisotopic (exact) mass is 324 g/mol. The molecular formula is C14H16N2O7. The molecule has 0 saturated heterocycles. The summed E-state index contributed by atoms with van der Waals surface area (Å²) in [7, 11) is 0. The Morgan fingerprint density at radius 2 is 1.61 bits per heavy atom. The summed E-state index contributed by atoms with van der Waals surface area (Å²) in [4.78, 5) is 36.4. The molecular weight excluding hydrogens is 308 g/mol. The van der Waals surface area contributed by atoms with Gasteiger partial charge in [-0.25, -0.2) is 4.90 Å². The van der Waals surface area contributed by atoms with E-state index >= 15 is 0 Å². The van der Waals surface area contributed by atoms with Gasteiger partial charge in [-0.05, 0) is 12.1 Å². The second-order valence-electron chi connectivity index (χ2n) is 5.18. The number of nitrogens with zero attached hydrogens (tertiary/aromatic N) is 1. The summed E-state index contributed by atoms with van der Waals surface area (Å²) in [5.41, 5.74) is 3.10. The molecule has 0 aromatic heterocycles. The van der Waals surface area contributed by atoms with Crippen molar-refractivity contribution in [3.63, 3.8) is 0 Å². The standard InChI is InChI=1S/C14H16N2O7/c15-14(6-18,11(21)10(20)9(19)5-17)16-12(22)7-3-1-2-4-8(7)13(16)23/h1-4,6,9-11,17,19-21H,5,15H2/t9?,10-,11+,14+/m1/s1. The molecule has 0 spiro atoms. The van der Waals surface area contributed by atoms with Gasteiger partial charge in [0.2, 0.25) is 0 Å². The summed E-state index contributed by atoms with van der Waals surface area (Å²) in [5.74, 6) is -1.82. The van der Waals surface area contributed by atoms with Gasteiger partial charge in [-0.1, -0.05) is 12.1 Å². The van der Waals surface area contributed by atoms with Crippen LogP contribution in [0.4, 0.5) is 0 Å². The summed E-state index contributed by atoms with van der Waals surface area (Å²) < 4.78 is 0. The fourth-order valence-corrected chi connectivity index (χ4v) is 2.39. The fraction of sp³-hybridized carbons (Fsp3) is 0.357. The lowest BCUT2D eigenvalue weighted by Gasteiger charge is -2.38. The Morgan fingerprint density at radius 3 is 2.00 bits per heavy atom. The molecule has 0 radical (unpaired) electrons. The third-order valence-electron chi connectivity index (χ3n) is 3.75. The minimum absolute atomic E-state index is 0.00132. The van der Waals surface area contributed by atoms with Gasteiger partial charge in [0.25, 0.3) is 11.8 Å². The molecule has 0 saturated carbocycles. The van der Waals surface area contributed by atoms with E-state index in [0.717, 1.165) is 0 Å². The molecule has 2 amide bonds. The van der Waals surface area contributed by atoms with E-state index in [-0.39, 0.29) is 17.4 Å². The molecule has 6 N–H and O–H groups in total. The van der Waals surface area contributed by atoms with Crippen LogP contribution in [-0.2, 0) is 4.79 Å². The Hall–Kier alpha value is -2.17. The minimum Gasteiger partial charge on any atom is -0.394 e. The Balaban J connectivity index is 2.44. The molecule has 0 aliphatic carbocycles. The molecule has 1 unspecified atom stereocenters.